The van der Waals surface area contributed by atoms with Gasteiger partial charge in [-0.2, -0.15) is 0 Å². The molecule has 0 heterocycles. The second-order valence-electron chi connectivity index (χ2n) is 15.4. The van der Waals surface area contributed by atoms with Crippen molar-refractivity contribution in [1.82, 2.24) is 16.0 Å². The van der Waals surface area contributed by atoms with E-state index >= 15 is 0 Å². The molecular weight excluding hydrogens is 743 g/mol. The number of amides is 3. The topological polar surface area (TPSA) is 211 Å². The average molecular weight is 808 g/mol. The van der Waals surface area contributed by atoms with Gasteiger partial charge in [-0.3, -0.25) is 14.4 Å². The number of rotatable bonds is 25. The molecule has 1 aliphatic rings. The van der Waals surface area contributed by atoms with Gasteiger partial charge in [0.15, 0.2) is 6.61 Å². The molecule has 3 atom stereocenters. The minimum atomic E-state index is -1.47. The third kappa shape index (κ3) is 19.5. The molecule has 0 unspecified atom stereocenters. The van der Waals surface area contributed by atoms with E-state index in [2.05, 4.69) is 41.0 Å². The first kappa shape index (κ1) is 49.3. The van der Waals surface area contributed by atoms with Gasteiger partial charge in [0, 0.05) is 25.2 Å². The number of ether oxygens (including phenoxy) is 2. The molecule has 7 N–H and O–H groups in total. The van der Waals surface area contributed by atoms with E-state index in [1.54, 1.807) is 13.0 Å². The van der Waals surface area contributed by atoms with Gasteiger partial charge in [-0.25, -0.2) is 4.79 Å². The predicted octanol–water partition coefficient (Wildman–Crippen LogP) is 4.31. The standard InChI is InChI=1S/C44H65N5O9/c1-30(2)26-38(48-43(55)41(53)36(45)28-34-14-9-8-10-15-34)42(54)47-21-23-57-25-24-56-22-20-46-39(50)29-58-49-37-18-19-44(6,7)35(33(37)5)17-16-31(3)12-11-13-32(4)27-40(51)52/h8-17,27,30,36,38,41,53H,18-26,28-29,45H2,1-7H3,(H,46,50)(H,47,54)(H,48,55)(H,51,52)/b13-11+,17-16+,31-12+,32-27+,49-37+/t36-,38+,41+/m1/s1. The number of allylic oxidation sites excluding steroid dienone is 9. The van der Waals surface area contributed by atoms with Crippen molar-refractivity contribution in [3.8, 4) is 0 Å². The molecule has 58 heavy (non-hydrogen) atoms. The molecule has 1 aromatic rings. The lowest BCUT2D eigenvalue weighted by Crippen LogP contribution is -2.54. The molecule has 0 aromatic heterocycles. The van der Waals surface area contributed by atoms with Gasteiger partial charge in [0.1, 0.15) is 12.1 Å². The summed E-state index contributed by atoms with van der Waals surface area (Å²) in [5.41, 5.74) is 11.5. The highest BCUT2D eigenvalue weighted by atomic mass is 16.6. The molecule has 3 amide bonds. The Morgan fingerprint density at radius 3 is 2.24 bits per heavy atom. The maximum Gasteiger partial charge on any atom is 0.328 e. The Labute approximate surface area is 343 Å². The fourth-order valence-corrected chi connectivity index (χ4v) is 6.07. The minimum Gasteiger partial charge on any atom is -0.478 e. The van der Waals surface area contributed by atoms with Crippen molar-refractivity contribution in [3.05, 3.63) is 94.6 Å². The number of nitrogens with two attached hydrogens (primary N) is 1. The molecule has 0 fully saturated rings. The second kappa shape index (κ2) is 26.2. The first-order chi connectivity index (χ1) is 27.5. The number of oxime groups is 1. The van der Waals surface area contributed by atoms with E-state index in [4.69, 9.17) is 25.2 Å². The summed E-state index contributed by atoms with van der Waals surface area (Å²) in [7, 11) is 0. The number of benzene rings is 1. The zero-order valence-electron chi connectivity index (χ0n) is 35.2. The van der Waals surface area contributed by atoms with Crippen LogP contribution >= 0.6 is 0 Å². The summed E-state index contributed by atoms with van der Waals surface area (Å²) in [6.45, 7) is 15.3. The fraction of sp³-hybridized carbons (Fsp3) is 0.523. The summed E-state index contributed by atoms with van der Waals surface area (Å²) < 4.78 is 11.1. The summed E-state index contributed by atoms with van der Waals surface area (Å²) in [4.78, 5) is 54.2. The molecule has 1 aromatic carbocycles. The lowest BCUT2D eigenvalue weighted by atomic mass is 9.72. The zero-order valence-corrected chi connectivity index (χ0v) is 35.2. The number of carboxylic acid groups (broad SMARTS) is 1. The Morgan fingerprint density at radius 1 is 0.948 bits per heavy atom. The minimum absolute atomic E-state index is 0.0726. The van der Waals surface area contributed by atoms with Crippen molar-refractivity contribution in [2.24, 2.45) is 22.2 Å². The number of carboxylic acids is 1. The van der Waals surface area contributed by atoms with Crippen LogP contribution in [-0.2, 0) is 39.9 Å². The Morgan fingerprint density at radius 2 is 1.60 bits per heavy atom. The zero-order chi connectivity index (χ0) is 43.1. The Balaban J connectivity index is 1.67. The van der Waals surface area contributed by atoms with Crippen molar-refractivity contribution in [3.63, 3.8) is 0 Å². The van der Waals surface area contributed by atoms with Crippen LogP contribution in [0.3, 0.4) is 0 Å². The molecule has 14 heteroatoms. The van der Waals surface area contributed by atoms with E-state index in [0.29, 0.717) is 18.4 Å². The highest BCUT2D eigenvalue weighted by Gasteiger charge is 2.31. The quantitative estimate of drug-likeness (QED) is 0.0357. The van der Waals surface area contributed by atoms with Crippen molar-refractivity contribution in [1.29, 1.82) is 0 Å². The summed E-state index contributed by atoms with van der Waals surface area (Å²) >= 11 is 0. The highest BCUT2D eigenvalue weighted by molar-refractivity contribution is 6.01. The highest BCUT2D eigenvalue weighted by Crippen LogP contribution is 2.40. The lowest BCUT2D eigenvalue weighted by Gasteiger charge is -2.33. The Kier molecular flexibility index (Phi) is 22.2. The van der Waals surface area contributed by atoms with Gasteiger partial charge in [-0.05, 0) is 80.1 Å². The number of carbonyl (C=O) groups is 4. The third-order valence-electron chi connectivity index (χ3n) is 9.32. The van der Waals surface area contributed by atoms with E-state index in [9.17, 15) is 24.3 Å². The van der Waals surface area contributed by atoms with Crippen LogP contribution in [0.5, 0.6) is 0 Å². The first-order valence-corrected chi connectivity index (χ1v) is 19.8. The number of hydrogen-bond donors (Lipinski definition) is 6. The molecule has 2 rings (SSSR count). The number of aliphatic hydroxyl groups is 1. The van der Waals surface area contributed by atoms with Crippen LogP contribution in [0.15, 0.2) is 94.2 Å². The monoisotopic (exact) mass is 807 g/mol. The summed E-state index contributed by atoms with van der Waals surface area (Å²) in [5.74, 6) is -2.26. The van der Waals surface area contributed by atoms with Gasteiger partial charge in [0.05, 0.1) is 32.1 Å². The van der Waals surface area contributed by atoms with Crippen LogP contribution < -0.4 is 21.7 Å². The van der Waals surface area contributed by atoms with Crippen molar-refractivity contribution < 1.29 is 43.7 Å². The molecule has 0 saturated carbocycles. The Bertz CT molecular complexity index is 1680. The van der Waals surface area contributed by atoms with Crippen LogP contribution in [0.1, 0.15) is 73.3 Å². The normalized spacial score (nSPS) is 17.1. The number of aliphatic hydroxyl groups excluding tert-OH is 1. The molecule has 0 bridgehead atoms. The molecule has 14 nitrogen and oxygen atoms in total. The fourth-order valence-electron chi connectivity index (χ4n) is 6.07. The average Bonchev–Trinajstić information content (AvgIpc) is 3.15. The van der Waals surface area contributed by atoms with Crippen LogP contribution in [0.25, 0.3) is 0 Å². The van der Waals surface area contributed by atoms with E-state index < -0.39 is 30.1 Å². The molecule has 0 aliphatic heterocycles. The largest absolute Gasteiger partial charge is 0.478 e. The third-order valence-corrected chi connectivity index (χ3v) is 9.32. The molecule has 0 saturated heterocycles. The number of carbonyl (C=O) groups excluding carboxylic acids is 3. The maximum absolute atomic E-state index is 12.9. The van der Waals surface area contributed by atoms with Crippen molar-refractivity contribution >= 4 is 29.4 Å². The molecule has 0 spiro atoms. The molecular formula is C44H65N5O9. The molecule has 320 valence electrons. The van der Waals surface area contributed by atoms with Gasteiger partial charge < -0.3 is 46.2 Å². The van der Waals surface area contributed by atoms with Crippen molar-refractivity contribution in [2.75, 3.05) is 46.1 Å². The lowest BCUT2D eigenvalue weighted by molar-refractivity contribution is -0.135. The van der Waals surface area contributed by atoms with E-state index in [0.717, 1.165) is 46.9 Å². The SMILES string of the molecule is CC1=C(/C=C/C(C)=C/C=C/C(C)=C/C(=O)O)C(C)(C)CC/C1=N\OCC(=O)NCCOCCOCCNC(=O)[C@H](CC(C)C)NC(=O)[C@@H](O)[C@H](N)Cc1ccccc1. The smallest absolute Gasteiger partial charge is 0.328 e. The predicted molar refractivity (Wildman–Crippen MR) is 226 cm³/mol. The van der Waals surface area contributed by atoms with Gasteiger partial charge in [0.2, 0.25) is 5.91 Å². The summed E-state index contributed by atoms with van der Waals surface area (Å²) in [5, 5.41) is 31.8. The van der Waals surface area contributed by atoms with E-state index in [1.165, 1.54) is 0 Å². The summed E-state index contributed by atoms with van der Waals surface area (Å²) in [6.07, 6.45) is 11.5. The molecule has 1 aliphatic carbocycles. The Hall–Kier alpha value is -4.89. The van der Waals surface area contributed by atoms with Crippen LogP contribution in [0.2, 0.25) is 0 Å². The van der Waals surface area contributed by atoms with Crippen LogP contribution in [-0.4, -0.2) is 104 Å². The first-order valence-electron chi connectivity index (χ1n) is 19.8. The van der Waals surface area contributed by atoms with E-state index in [1.807, 2.05) is 76.3 Å². The van der Waals surface area contributed by atoms with Gasteiger partial charge in [0.25, 0.3) is 11.8 Å². The molecule has 0 radical (unpaired) electrons. The number of nitrogens with one attached hydrogen (secondary N) is 3. The maximum atomic E-state index is 12.9. The van der Waals surface area contributed by atoms with Gasteiger partial charge in [-0.1, -0.05) is 99.1 Å². The van der Waals surface area contributed by atoms with Gasteiger partial charge in [-0.15, -0.1) is 0 Å². The van der Waals surface area contributed by atoms with Gasteiger partial charge >= 0.3 is 5.97 Å². The second-order valence-corrected chi connectivity index (χ2v) is 15.4. The number of aliphatic carboxylic acids is 1. The summed E-state index contributed by atoms with van der Waals surface area (Å²) in [6, 6.07) is 7.67. The van der Waals surface area contributed by atoms with E-state index in [-0.39, 0.29) is 69.3 Å². The van der Waals surface area contributed by atoms with Crippen LogP contribution in [0, 0.1) is 11.3 Å². The number of nitrogens with zero attached hydrogens (tertiary/aromatic N) is 1. The van der Waals surface area contributed by atoms with Crippen molar-refractivity contribution in [2.45, 2.75) is 92.3 Å². The van der Waals surface area contributed by atoms with Crippen LogP contribution in [0.4, 0.5) is 0 Å². The number of hydrogen-bond acceptors (Lipinski definition) is 10.